The van der Waals surface area contributed by atoms with Crippen molar-refractivity contribution in [1.82, 2.24) is 4.57 Å². The van der Waals surface area contributed by atoms with Crippen molar-refractivity contribution in [2.24, 2.45) is 0 Å². The van der Waals surface area contributed by atoms with Crippen LogP contribution in [-0.2, 0) is 5.41 Å². The van der Waals surface area contributed by atoms with E-state index in [1.165, 1.54) is 7.85 Å². The second kappa shape index (κ2) is 15.4. The first kappa shape index (κ1) is 42.4. The lowest BCUT2D eigenvalue weighted by Crippen LogP contribution is -2.26. The summed E-state index contributed by atoms with van der Waals surface area (Å²) < 4.78 is 2.26. The van der Waals surface area contributed by atoms with E-state index >= 15 is 0 Å². The molecule has 1 aromatic heterocycles. The van der Waals surface area contributed by atoms with Gasteiger partial charge in [-0.2, -0.15) is 0 Å². The van der Waals surface area contributed by atoms with Crippen LogP contribution < -0.4 is 10.4 Å². The van der Waals surface area contributed by atoms with E-state index in [2.05, 4.69) is 83.4 Å². The molecule has 0 unspecified atom stereocenters. The van der Waals surface area contributed by atoms with E-state index in [0.717, 1.165) is 83.1 Å². The molecule has 11 aromatic rings. The van der Waals surface area contributed by atoms with Crippen molar-refractivity contribution in [3.8, 4) is 96.2 Å². The van der Waals surface area contributed by atoms with Gasteiger partial charge in [-0.3, -0.25) is 0 Å². The standard InChI is InChI=1S/C61H41BN2O8/c62-51-49(53(65)59(71)60(72)56(51)68)50-54(66)57(69)52(58(70)55(50)67)63(33-30-28-32(29-31-33)34-14-4-10-24-44(34)64-45-25-11-5-17-37(45)38-18-6-12-26-46(38)64)47-27-13-23-43-48(47)39-19-3-9-22-42(39)61(43)40-20-7-1-15-35(40)36-16-2-8-21-41(36)61/h1-31,65-72H,62H2. The van der Waals surface area contributed by atoms with E-state index in [4.69, 9.17) is 0 Å². The zero-order valence-electron chi connectivity index (χ0n) is 38.4. The average Bonchev–Trinajstić information content (AvgIpc) is 4.05. The molecule has 0 saturated carbocycles. The van der Waals surface area contributed by atoms with Crippen molar-refractivity contribution >= 4 is 52.2 Å². The van der Waals surface area contributed by atoms with Crippen LogP contribution in [0.2, 0.25) is 0 Å². The maximum absolute atomic E-state index is 12.4. The van der Waals surface area contributed by atoms with Gasteiger partial charge in [0.1, 0.15) is 13.5 Å². The summed E-state index contributed by atoms with van der Waals surface area (Å²) in [6.45, 7) is 0. The van der Waals surface area contributed by atoms with Gasteiger partial charge in [-0.25, -0.2) is 0 Å². The second-order valence-corrected chi connectivity index (χ2v) is 18.4. The summed E-state index contributed by atoms with van der Waals surface area (Å²) in [7, 11) is 1.26. The van der Waals surface area contributed by atoms with Gasteiger partial charge in [0.15, 0.2) is 34.5 Å². The Labute approximate surface area is 412 Å². The summed E-state index contributed by atoms with van der Waals surface area (Å²) in [5.41, 5.74) is 11.0. The quantitative estimate of drug-likeness (QED) is 0.0459. The highest BCUT2D eigenvalue weighted by Gasteiger charge is 2.52. The van der Waals surface area contributed by atoms with Gasteiger partial charge in [0.25, 0.3) is 0 Å². The Kier molecular flexibility index (Phi) is 9.05. The van der Waals surface area contributed by atoms with Crippen molar-refractivity contribution in [3.05, 3.63) is 210 Å². The van der Waals surface area contributed by atoms with Crippen LogP contribution >= 0.6 is 0 Å². The van der Waals surface area contributed by atoms with Gasteiger partial charge in [0, 0.05) is 33.2 Å². The van der Waals surface area contributed by atoms with Gasteiger partial charge in [0.05, 0.1) is 33.4 Å². The molecule has 13 rings (SSSR count). The Balaban J connectivity index is 1.07. The van der Waals surface area contributed by atoms with Crippen LogP contribution in [0.5, 0.6) is 46.0 Å². The number of hydrogen-bond acceptors (Lipinski definition) is 9. The molecular formula is C61H41BN2O8. The summed E-state index contributed by atoms with van der Waals surface area (Å²) in [5.74, 6) is -7.84. The Morgan fingerprint density at radius 2 is 0.819 bits per heavy atom. The zero-order valence-corrected chi connectivity index (χ0v) is 38.4. The van der Waals surface area contributed by atoms with Crippen molar-refractivity contribution < 1.29 is 40.9 Å². The Morgan fingerprint density at radius 3 is 1.42 bits per heavy atom. The third-order valence-electron chi connectivity index (χ3n) is 14.9. The summed E-state index contributed by atoms with van der Waals surface area (Å²) >= 11 is 0. The number of phenols is 8. The fraction of sp³-hybridized carbons (Fsp3) is 0.0164. The lowest BCUT2D eigenvalue weighted by atomic mass is 9.70. The maximum atomic E-state index is 12.4. The number of nitrogens with zero attached hydrogens (tertiary/aromatic N) is 2. The molecule has 0 aliphatic heterocycles. The highest BCUT2D eigenvalue weighted by molar-refractivity contribution is 6.39. The van der Waals surface area contributed by atoms with Crippen molar-refractivity contribution in [2.75, 3.05) is 4.90 Å². The minimum absolute atomic E-state index is 0.270. The van der Waals surface area contributed by atoms with E-state index in [0.29, 0.717) is 11.4 Å². The van der Waals surface area contributed by atoms with Crippen LogP contribution in [0, 0.1) is 0 Å². The number of hydrogen-bond donors (Lipinski definition) is 8. The lowest BCUT2D eigenvalue weighted by molar-refractivity contribution is 0.348. The van der Waals surface area contributed by atoms with E-state index < -0.39 is 68.2 Å². The van der Waals surface area contributed by atoms with Gasteiger partial charge < -0.3 is 50.3 Å². The van der Waals surface area contributed by atoms with Crippen LogP contribution in [0.15, 0.2) is 188 Å². The molecule has 0 fully saturated rings. The Bertz CT molecular complexity index is 3970. The highest BCUT2D eigenvalue weighted by Crippen LogP contribution is 2.66. The minimum atomic E-state index is -1.14. The molecule has 0 atom stereocenters. The van der Waals surface area contributed by atoms with Crippen LogP contribution in [0.1, 0.15) is 22.3 Å². The molecule has 8 N–H and O–H groups in total. The third-order valence-corrected chi connectivity index (χ3v) is 14.9. The van der Waals surface area contributed by atoms with E-state index in [9.17, 15) is 40.9 Å². The zero-order chi connectivity index (χ0) is 49.3. The van der Waals surface area contributed by atoms with Crippen molar-refractivity contribution in [3.63, 3.8) is 0 Å². The number of para-hydroxylation sites is 3. The molecule has 1 spiro atoms. The predicted molar refractivity (Wildman–Crippen MR) is 284 cm³/mol. The number of phenolic OH excluding ortho intramolecular Hbond substituents is 8. The summed E-state index contributed by atoms with van der Waals surface area (Å²) in [6, 6.07) is 63.1. The van der Waals surface area contributed by atoms with Gasteiger partial charge in [-0.05, 0) is 86.4 Å². The molecule has 11 heteroatoms. The van der Waals surface area contributed by atoms with Crippen LogP contribution in [0.25, 0.3) is 72.0 Å². The van der Waals surface area contributed by atoms with Crippen LogP contribution in [-0.4, -0.2) is 53.3 Å². The van der Waals surface area contributed by atoms with Gasteiger partial charge in [-0.1, -0.05) is 152 Å². The molecular weight excluding hydrogens is 899 g/mol. The molecule has 346 valence electrons. The Morgan fingerprint density at radius 1 is 0.361 bits per heavy atom. The molecule has 72 heavy (non-hydrogen) atoms. The predicted octanol–water partition coefficient (Wildman–Crippen LogP) is 11.8. The first-order chi connectivity index (χ1) is 35.0. The van der Waals surface area contributed by atoms with Crippen LogP contribution in [0.3, 0.4) is 0 Å². The molecule has 2 aliphatic carbocycles. The summed E-state index contributed by atoms with van der Waals surface area (Å²) in [5, 5.41) is 94.1. The number of benzene rings is 10. The maximum Gasteiger partial charge on any atom is 0.204 e. The number of fused-ring (bicyclic) bond motifs is 13. The molecule has 10 nitrogen and oxygen atoms in total. The number of rotatable bonds is 6. The molecule has 0 saturated heterocycles. The summed E-state index contributed by atoms with van der Waals surface area (Å²) in [6.07, 6.45) is 0. The monoisotopic (exact) mass is 940 g/mol. The molecule has 0 radical (unpaired) electrons. The third kappa shape index (κ3) is 5.50. The Hall–Kier alpha value is -9.74. The van der Waals surface area contributed by atoms with Crippen LogP contribution in [0.4, 0.5) is 17.1 Å². The van der Waals surface area contributed by atoms with E-state index in [1.807, 2.05) is 109 Å². The number of anilines is 3. The van der Waals surface area contributed by atoms with Gasteiger partial charge in [0.2, 0.25) is 11.5 Å². The lowest BCUT2D eigenvalue weighted by Gasteiger charge is -2.32. The number of aromatic hydroxyl groups is 8. The molecule has 0 bridgehead atoms. The van der Waals surface area contributed by atoms with Gasteiger partial charge in [-0.15, -0.1) is 0 Å². The first-order valence-electron chi connectivity index (χ1n) is 23.4. The minimum Gasteiger partial charge on any atom is -0.505 e. The second-order valence-electron chi connectivity index (χ2n) is 18.4. The SMILES string of the molecule is Bc1c(O)c(O)c(O)c(O)c1-c1c(O)c(O)c(N(c2ccc(-c3ccccc3-n3c4ccccc4c4ccccc43)cc2)c2cccc3c2-c2ccccc2C32c3ccccc3-c3ccccc32)c(O)c1O. The first-order valence-corrected chi connectivity index (χ1v) is 23.4. The molecule has 10 aromatic carbocycles. The fourth-order valence-corrected chi connectivity index (χ4v) is 11.8. The highest BCUT2D eigenvalue weighted by atomic mass is 16.3. The van der Waals surface area contributed by atoms with Gasteiger partial charge >= 0.3 is 0 Å². The molecule has 0 amide bonds. The van der Waals surface area contributed by atoms with E-state index in [-0.39, 0.29) is 5.46 Å². The smallest absolute Gasteiger partial charge is 0.204 e. The number of aromatic nitrogens is 1. The molecule has 2 aliphatic rings. The van der Waals surface area contributed by atoms with E-state index in [1.54, 1.807) is 4.90 Å². The normalized spacial score (nSPS) is 12.8. The largest absolute Gasteiger partial charge is 0.505 e. The average molecular weight is 941 g/mol. The van der Waals surface area contributed by atoms with Crippen molar-refractivity contribution in [1.29, 1.82) is 0 Å². The fourth-order valence-electron chi connectivity index (χ4n) is 11.8. The topological polar surface area (TPSA) is 170 Å². The summed E-state index contributed by atoms with van der Waals surface area (Å²) in [4.78, 5) is 1.59. The van der Waals surface area contributed by atoms with Crippen molar-refractivity contribution in [2.45, 2.75) is 5.41 Å². The molecule has 1 heterocycles.